The summed E-state index contributed by atoms with van der Waals surface area (Å²) in [6.07, 6.45) is 4.76. The van der Waals surface area contributed by atoms with Crippen LogP contribution < -0.4 is 0 Å². The summed E-state index contributed by atoms with van der Waals surface area (Å²) in [5.74, 6) is -1.20. The van der Waals surface area contributed by atoms with Crippen molar-refractivity contribution in [2.45, 2.75) is 39.4 Å². The molecule has 0 spiro atoms. The molecule has 1 saturated heterocycles. The van der Waals surface area contributed by atoms with Gasteiger partial charge in [-0.3, -0.25) is 9.69 Å². The minimum atomic E-state index is -0.770. The molecule has 1 fully saturated rings. The van der Waals surface area contributed by atoms with Crippen LogP contribution in [-0.4, -0.2) is 51.3 Å². The summed E-state index contributed by atoms with van der Waals surface area (Å²) in [5, 5.41) is 9.27. The second-order valence-corrected chi connectivity index (χ2v) is 5.19. The first kappa shape index (κ1) is 15.0. The van der Waals surface area contributed by atoms with E-state index >= 15 is 0 Å². The molecule has 2 rings (SSSR count). The Labute approximate surface area is 119 Å². The maximum absolute atomic E-state index is 11.3. The predicted octanol–water partition coefficient (Wildman–Crippen LogP) is 1.21. The van der Waals surface area contributed by atoms with E-state index in [2.05, 4.69) is 28.3 Å². The summed E-state index contributed by atoms with van der Waals surface area (Å²) in [4.78, 5) is 17.7. The van der Waals surface area contributed by atoms with Gasteiger partial charge in [0.25, 0.3) is 0 Å². The van der Waals surface area contributed by atoms with Gasteiger partial charge in [0.1, 0.15) is 0 Å². The first-order chi connectivity index (χ1) is 9.67. The summed E-state index contributed by atoms with van der Waals surface area (Å²) in [6, 6.07) is -0.0533. The van der Waals surface area contributed by atoms with Crippen LogP contribution in [0.4, 0.5) is 0 Å². The van der Waals surface area contributed by atoms with E-state index < -0.39 is 11.9 Å². The topological polar surface area (TPSA) is 67.6 Å². The van der Waals surface area contributed by atoms with E-state index in [1.807, 2.05) is 12.5 Å². The molecule has 2 atom stereocenters. The number of carboxylic acid groups (broad SMARTS) is 1. The van der Waals surface area contributed by atoms with Crippen LogP contribution in [-0.2, 0) is 22.6 Å². The van der Waals surface area contributed by atoms with Crippen LogP contribution in [0.15, 0.2) is 12.5 Å². The summed E-state index contributed by atoms with van der Waals surface area (Å²) in [5.41, 5.74) is 1.13. The van der Waals surface area contributed by atoms with Crippen molar-refractivity contribution in [2.75, 3.05) is 19.8 Å². The number of carboxylic acids is 1. The Kier molecular flexibility index (Phi) is 5.14. The van der Waals surface area contributed by atoms with Gasteiger partial charge in [-0.15, -0.1) is 0 Å². The number of carbonyl (C=O) groups is 1. The summed E-state index contributed by atoms with van der Waals surface area (Å²) < 4.78 is 7.50. The lowest BCUT2D eigenvalue weighted by Gasteiger charge is -2.29. The van der Waals surface area contributed by atoms with E-state index in [9.17, 15) is 9.90 Å². The fraction of sp³-hybridized carbons (Fsp3) is 0.714. The molecule has 0 aromatic carbocycles. The average Bonchev–Trinajstić information content (AvgIpc) is 3.05. The minimum Gasteiger partial charge on any atom is -0.481 e. The van der Waals surface area contributed by atoms with Gasteiger partial charge < -0.3 is 14.4 Å². The van der Waals surface area contributed by atoms with E-state index in [1.165, 1.54) is 0 Å². The highest BCUT2D eigenvalue weighted by Gasteiger charge is 2.37. The van der Waals surface area contributed by atoms with Crippen molar-refractivity contribution in [1.29, 1.82) is 0 Å². The number of aliphatic carboxylic acids is 1. The molecule has 0 aliphatic carbocycles. The van der Waals surface area contributed by atoms with Crippen LogP contribution in [0.25, 0.3) is 0 Å². The van der Waals surface area contributed by atoms with Gasteiger partial charge in [-0.2, -0.15) is 0 Å². The maximum Gasteiger partial charge on any atom is 0.310 e. The lowest BCUT2D eigenvalue weighted by Crippen LogP contribution is -2.42. The molecular weight excluding hydrogens is 258 g/mol. The molecule has 112 valence electrons. The zero-order chi connectivity index (χ0) is 14.5. The van der Waals surface area contributed by atoms with Crippen molar-refractivity contribution in [3.05, 3.63) is 18.2 Å². The molecule has 0 bridgehead atoms. The quantitative estimate of drug-likeness (QED) is 0.814. The molecule has 20 heavy (non-hydrogen) atoms. The molecule has 0 radical (unpaired) electrons. The van der Waals surface area contributed by atoms with Crippen LogP contribution in [0.5, 0.6) is 0 Å². The van der Waals surface area contributed by atoms with Gasteiger partial charge in [-0.1, -0.05) is 13.8 Å². The van der Waals surface area contributed by atoms with Crippen molar-refractivity contribution < 1.29 is 14.6 Å². The third-order valence-electron chi connectivity index (χ3n) is 3.87. The minimum absolute atomic E-state index is 0.0533. The number of imidazole rings is 1. The summed E-state index contributed by atoms with van der Waals surface area (Å²) >= 11 is 0. The average molecular weight is 281 g/mol. The number of aromatic nitrogens is 2. The number of hydrogen-bond acceptors (Lipinski definition) is 4. The van der Waals surface area contributed by atoms with E-state index in [0.717, 1.165) is 25.2 Å². The number of ether oxygens (including phenoxy) is 1. The smallest absolute Gasteiger partial charge is 0.310 e. The molecule has 0 saturated carbocycles. The maximum atomic E-state index is 11.3. The number of nitrogens with zero attached hydrogens (tertiary/aromatic N) is 3. The summed E-state index contributed by atoms with van der Waals surface area (Å²) in [7, 11) is 0. The van der Waals surface area contributed by atoms with Gasteiger partial charge in [0.15, 0.2) is 0 Å². The van der Waals surface area contributed by atoms with E-state index in [4.69, 9.17) is 4.74 Å². The molecule has 1 aromatic rings. The third kappa shape index (κ3) is 3.19. The third-order valence-corrected chi connectivity index (χ3v) is 3.87. The fourth-order valence-electron chi connectivity index (χ4n) is 2.73. The van der Waals surface area contributed by atoms with Crippen LogP contribution in [0.3, 0.4) is 0 Å². The van der Waals surface area contributed by atoms with Gasteiger partial charge in [-0.25, -0.2) is 4.98 Å². The van der Waals surface area contributed by atoms with Crippen LogP contribution in [0.2, 0.25) is 0 Å². The Balaban J connectivity index is 2.08. The van der Waals surface area contributed by atoms with Crippen molar-refractivity contribution in [2.24, 2.45) is 5.92 Å². The Morgan fingerprint density at radius 1 is 1.55 bits per heavy atom. The van der Waals surface area contributed by atoms with Crippen LogP contribution >= 0.6 is 0 Å². The van der Waals surface area contributed by atoms with Gasteiger partial charge >= 0.3 is 5.97 Å². The molecule has 1 N–H and O–H groups in total. The Hall–Kier alpha value is -1.40. The number of hydrogen-bond donors (Lipinski definition) is 1. The molecule has 1 aromatic heterocycles. The second-order valence-electron chi connectivity index (χ2n) is 5.19. The zero-order valence-corrected chi connectivity index (χ0v) is 12.2. The Morgan fingerprint density at radius 2 is 2.35 bits per heavy atom. The van der Waals surface area contributed by atoms with Crippen molar-refractivity contribution in [1.82, 2.24) is 14.5 Å². The molecule has 2 unspecified atom stereocenters. The van der Waals surface area contributed by atoms with E-state index in [1.54, 1.807) is 0 Å². The fourth-order valence-corrected chi connectivity index (χ4v) is 2.73. The van der Waals surface area contributed by atoms with E-state index in [-0.39, 0.29) is 6.04 Å². The predicted molar refractivity (Wildman–Crippen MR) is 74.3 cm³/mol. The number of likely N-dealkylation sites (N-methyl/N-ethyl adjacent to an activating group) is 1. The Morgan fingerprint density at radius 3 is 3.00 bits per heavy atom. The molecule has 1 aliphatic heterocycles. The molecule has 0 amide bonds. The van der Waals surface area contributed by atoms with Crippen molar-refractivity contribution in [3.8, 4) is 0 Å². The second kappa shape index (κ2) is 6.85. The van der Waals surface area contributed by atoms with Gasteiger partial charge in [-0.05, 0) is 13.0 Å². The number of aryl methyl sites for hydroxylation is 1. The SMILES string of the molecule is CCCn1cncc1CN(CC)C1COCC1C(=O)O. The van der Waals surface area contributed by atoms with Crippen molar-refractivity contribution in [3.63, 3.8) is 0 Å². The molecule has 6 nitrogen and oxygen atoms in total. The Bertz CT molecular complexity index is 447. The first-order valence-electron chi connectivity index (χ1n) is 7.21. The van der Waals surface area contributed by atoms with Gasteiger partial charge in [0, 0.05) is 25.3 Å². The lowest BCUT2D eigenvalue weighted by molar-refractivity contribution is -0.143. The van der Waals surface area contributed by atoms with Crippen molar-refractivity contribution >= 4 is 5.97 Å². The highest BCUT2D eigenvalue weighted by molar-refractivity contribution is 5.71. The van der Waals surface area contributed by atoms with Gasteiger partial charge in [0.2, 0.25) is 0 Å². The highest BCUT2D eigenvalue weighted by atomic mass is 16.5. The largest absolute Gasteiger partial charge is 0.481 e. The monoisotopic (exact) mass is 281 g/mol. The first-order valence-corrected chi connectivity index (χ1v) is 7.21. The molecule has 1 aliphatic rings. The zero-order valence-electron chi connectivity index (χ0n) is 12.2. The van der Waals surface area contributed by atoms with Crippen LogP contribution in [0, 0.1) is 5.92 Å². The van der Waals surface area contributed by atoms with Gasteiger partial charge in [0.05, 0.1) is 31.2 Å². The normalized spacial score (nSPS) is 22.6. The lowest BCUT2D eigenvalue weighted by atomic mass is 10.0. The van der Waals surface area contributed by atoms with Crippen LogP contribution in [0.1, 0.15) is 26.0 Å². The molecular formula is C14H23N3O3. The standard InChI is InChI=1S/C14H23N3O3/c1-3-5-17-10-15-6-11(17)7-16(4-2)13-9-20-8-12(13)14(18)19/h6,10,12-13H,3-5,7-9H2,1-2H3,(H,18,19). The highest BCUT2D eigenvalue weighted by Crippen LogP contribution is 2.22. The van der Waals surface area contributed by atoms with E-state index in [0.29, 0.717) is 19.8 Å². The molecule has 6 heteroatoms. The number of rotatable bonds is 7. The summed E-state index contributed by atoms with van der Waals surface area (Å²) in [6.45, 7) is 7.45. The molecule has 2 heterocycles.